The standard InChI is InChI=1S/C19H26N2O3/c1-14-6-8-17(9-7-14)21-13-15(12-18(21)23)19(24)20-10-2-4-16(20)5-3-11-22/h6-9,15-16,22H,2-5,10-13H2,1H3/t15-,16-/m1/s1. The Kier molecular flexibility index (Phi) is 5.19. The van der Waals surface area contributed by atoms with E-state index in [0.29, 0.717) is 13.0 Å². The quantitative estimate of drug-likeness (QED) is 0.899. The third-order valence-corrected chi connectivity index (χ3v) is 5.18. The summed E-state index contributed by atoms with van der Waals surface area (Å²) in [5.74, 6) is -0.102. The van der Waals surface area contributed by atoms with Gasteiger partial charge in [-0.05, 0) is 44.7 Å². The van der Waals surface area contributed by atoms with Gasteiger partial charge in [-0.2, -0.15) is 0 Å². The van der Waals surface area contributed by atoms with Gasteiger partial charge in [0.2, 0.25) is 11.8 Å². The van der Waals surface area contributed by atoms with Gasteiger partial charge in [0, 0.05) is 37.8 Å². The minimum atomic E-state index is -0.242. The van der Waals surface area contributed by atoms with Gasteiger partial charge in [-0.15, -0.1) is 0 Å². The average Bonchev–Trinajstić information content (AvgIpc) is 3.19. The number of carbonyl (C=O) groups is 2. The van der Waals surface area contributed by atoms with Gasteiger partial charge >= 0.3 is 0 Å². The van der Waals surface area contributed by atoms with E-state index < -0.39 is 0 Å². The molecule has 0 aliphatic carbocycles. The summed E-state index contributed by atoms with van der Waals surface area (Å²) in [6.45, 7) is 3.44. The Labute approximate surface area is 143 Å². The summed E-state index contributed by atoms with van der Waals surface area (Å²) < 4.78 is 0. The van der Waals surface area contributed by atoms with Crippen LogP contribution in [0.1, 0.15) is 37.7 Å². The summed E-state index contributed by atoms with van der Waals surface area (Å²) >= 11 is 0. The molecular formula is C19H26N2O3. The Morgan fingerprint density at radius 3 is 2.75 bits per heavy atom. The van der Waals surface area contributed by atoms with Crippen LogP contribution in [0.25, 0.3) is 0 Å². The van der Waals surface area contributed by atoms with E-state index in [9.17, 15) is 9.59 Å². The normalized spacial score (nSPS) is 24.0. The number of amides is 2. The second-order valence-corrected chi connectivity index (χ2v) is 6.93. The molecule has 5 heteroatoms. The molecule has 2 atom stereocenters. The van der Waals surface area contributed by atoms with E-state index in [2.05, 4.69) is 0 Å². The molecule has 130 valence electrons. The summed E-state index contributed by atoms with van der Waals surface area (Å²) in [5, 5.41) is 9.02. The fourth-order valence-corrected chi connectivity index (χ4v) is 3.83. The fraction of sp³-hybridized carbons (Fsp3) is 0.579. The van der Waals surface area contributed by atoms with E-state index >= 15 is 0 Å². The van der Waals surface area contributed by atoms with E-state index in [-0.39, 0.29) is 30.4 Å². The Hall–Kier alpha value is -1.88. The molecule has 24 heavy (non-hydrogen) atoms. The van der Waals surface area contributed by atoms with E-state index in [1.165, 1.54) is 0 Å². The number of benzene rings is 1. The van der Waals surface area contributed by atoms with Crippen LogP contribution in [0.5, 0.6) is 0 Å². The molecule has 2 fully saturated rings. The lowest BCUT2D eigenvalue weighted by atomic mass is 10.0. The van der Waals surface area contributed by atoms with Gasteiger partial charge in [-0.1, -0.05) is 17.7 Å². The van der Waals surface area contributed by atoms with Crippen LogP contribution >= 0.6 is 0 Å². The maximum absolute atomic E-state index is 12.9. The van der Waals surface area contributed by atoms with Crippen molar-refractivity contribution < 1.29 is 14.7 Å². The van der Waals surface area contributed by atoms with Crippen molar-refractivity contribution in [3.05, 3.63) is 29.8 Å². The molecule has 1 aromatic carbocycles. The van der Waals surface area contributed by atoms with Gasteiger partial charge in [0.25, 0.3) is 0 Å². The lowest BCUT2D eigenvalue weighted by molar-refractivity contribution is -0.136. The molecule has 0 unspecified atom stereocenters. The Morgan fingerprint density at radius 2 is 2.04 bits per heavy atom. The van der Waals surface area contributed by atoms with Crippen molar-refractivity contribution in [2.75, 3.05) is 24.6 Å². The van der Waals surface area contributed by atoms with Gasteiger partial charge in [-0.25, -0.2) is 0 Å². The van der Waals surface area contributed by atoms with E-state index in [1.54, 1.807) is 4.90 Å². The number of hydrogen-bond acceptors (Lipinski definition) is 3. The predicted molar refractivity (Wildman–Crippen MR) is 92.7 cm³/mol. The van der Waals surface area contributed by atoms with E-state index in [1.807, 2.05) is 36.1 Å². The molecule has 5 nitrogen and oxygen atoms in total. The first-order valence-corrected chi connectivity index (χ1v) is 8.88. The fourth-order valence-electron chi connectivity index (χ4n) is 3.83. The second-order valence-electron chi connectivity index (χ2n) is 6.93. The highest BCUT2D eigenvalue weighted by Crippen LogP contribution is 2.30. The van der Waals surface area contributed by atoms with Gasteiger partial charge in [0.1, 0.15) is 0 Å². The van der Waals surface area contributed by atoms with Crippen molar-refractivity contribution in [3.63, 3.8) is 0 Å². The first-order chi connectivity index (χ1) is 11.6. The summed E-state index contributed by atoms with van der Waals surface area (Å²) in [4.78, 5) is 28.9. The molecule has 2 aliphatic rings. The maximum atomic E-state index is 12.9. The number of aliphatic hydroxyl groups is 1. The second kappa shape index (κ2) is 7.34. The Bertz CT molecular complexity index is 599. The van der Waals surface area contributed by atoms with Crippen molar-refractivity contribution in [1.29, 1.82) is 0 Å². The maximum Gasteiger partial charge on any atom is 0.228 e. The topological polar surface area (TPSA) is 60.9 Å². The van der Waals surface area contributed by atoms with Crippen molar-refractivity contribution >= 4 is 17.5 Å². The largest absolute Gasteiger partial charge is 0.396 e. The van der Waals surface area contributed by atoms with Crippen molar-refractivity contribution in [3.8, 4) is 0 Å². The zero-order valence-corrected chi connectivity index (χ0v) is 14.3. The van der Waals surface area contributed by atoms with Crippen LogP contribution in [-0.4, -0.2) is 47.6 Å². The molecule has 2 aliphatic heterocycles. The summed E-state index contributed by atoms with van der Waals surface area (Å²) in [6, 6.07) is 8.10. The average molecular weight is 330 g/mol. The van der Waals surface area contributed by atoms with Gasteiger partial charge in [0.15, 0.2) is 0 Å². The number of nitrogens with zero attached hydrogens (tertiary/aromatic N) is 2. The highest BCUT2D eigenvalue weighted by molar-refractivity contribution is 6.00. The molecular weight excluding hydrogens is 304 g/mol. The molecule has 0 aromatic heterocycles. The number of likely N-dealkylation sites (tertiary alicyclic amines) is 1. The summed E-state index contributed by atoms with van der Waals surface area (Å²) in [5.41, 5.74) is 2.03. The van der Waals surface area contributed by atoms with Crippen LogP contribution in [0.4, 0.5) is 5.69 Å². The first-order valence-electron chi connectivity index (χ1n) is 8.88. The van der Waals surface area contributed by atoms with Crippen LogP contribution in [0.15, 0.2) is 24.3 Å². The lowest BCUT2D eigenvalue weighted by Gasteiger charge is -2.27. The number of hydrogen-bond donors (Lipinski definition) is 1. The zero-order valence-electron chi connectivity index (χ0n) is 14.3. The van der Waals surface area contributed by atoms with E-state index in [4.69, 9.17) is 5.11 Å². The molecule has 1 N–H and O–H groups in total. The molecule has 3 rings (SSSR count). The number of aryl methyl sites for hydroxylation is 1. The highest BCUT2D eigenvalue weighted by atomic mass is 16.3. The molecule has 2 amide bonds. The smallest absolute Gasteiger partial charge is 0.228 e. The minimum absolute atomic E-state index is 0.0308. The minimum Gasteiger partial charge on any atom is -0.396 e. The van der Waals surface area contributed by atoms with Crippen LogP contribution < -0.4 is 4.90 Å². The molecule has 0 saturated carbocycles. The third-order valence-electron chi connectivity index (χ3n) is 5.18. The first kappa shape index (κ1) is 17.0. The SMILES string of the molecule is Cc1ccc(N2C[C@H](C(=O)N3CCC[C@@H]3CCCO)CC2=O)cc1. The number of aliphatic hydroxyl groups excluding tert-OH is 1. The lowest BCUT2D eigenvalue weighted by Crippen LogP contribution is -2.40. The van der Waals surface area contributed by atoms with Gasteiger partial charge in [0.05, 0.1) is 5.92 Å². The van der Waals surface area contributed by atoms with E-state index in [0.717, 1.165) is 43.5 Å². The highest BCUT2D eigenvalue weighted by Gasteiger charge is 2.39. The van der Waals surface area contributed by atoms with Crippen LogP contribution in [-0.2, 0) is 9.59 Å². The Balaban J connectivity index is 1.66. The summed E-state index contributed by atoms with van der Waals surface area (Å²) in [7, 11) is 0. The number of anilines is 1. The molecule has 0 bridgehead atoms. The van der Waals surface area contributed by atoms with Crippen LogP contribution in [0, 0.1) is 12.8 Å². The van der Waals surface area contributed by atoms with Crippen molar-refractivity contribution in [2.24, 2.45) is 5.92 Å². The Morgan fingerprint density at radius 1 is 1.29 bits per heavy atom. The van der Waals surface area contributed by atoms with Crippen molar-refractivity contribution in [2.45, 2.75) is 45.1 Å². The molecule has 2 heterocycles. The summed E-state index contributed by atoms with van der Waals surface area (Å²) in [6.07, 6.45) is 3.91. The van der Waals surface area contributed by atoms with Gasteiger partial charge < -0.3 is 14.9 Å². The molecule has 1 aromatic rings. The predicted octanol–water partition coefficient (Wildman–Crippen LogP) is 2.11. The molecule has 2 saturated heterocycles. The zero-order chi connectivity index (χ0) is 17.1. The molecule has 0 radical (unpaired) electrons. The number of rotatable bonds is 5. The van der Waals surface area contributed by atoms with Crippen LogP contribution in [0.3, 0.4) is 0 Å². The number of carbonyl (C=O) groups excluding carboxylic acids is 2. The van der Waals surface area contributed by atoms with Crippen LogP contribution in [0.2, 0.25) is 0 Å². The monoisotopic (exact) mass is 330 g/mol. The van der Waals surface area contributed by atoms with Gasteiger partial charge in [-0.3, -0.25) is 9.59 Å². The molecule has 0 spiro atoms. The van der Waals surface area contributed by atoms with Crippen molar-refractivity contribution in [1.82, 2.24) is 4.90 Å². The third kappa shape index (κ3) is 3.46.